The Morgan fingerprint density at radius 2 is 1.88 bits per heavy atom. The van der Waals surface area contributed by atoms with Crippen LogP contribution in [0.4, 0.5) is 0 Å². The maximum atomic E-state index is 9.78. The normalized spacial score (nSPS) is 14.5. The summed E-state index contributed by atoms with van der Waals surface area (Å²) in [6.45, 7) is 6.11. The summed E-state index contributed by atoms with van der Waals surface area (Å²) in [6.07, 6.45) is -0.760. The van der Waals surface area contributed by atoms with E-state index in [1.165, 1.54) is 0 Å². The van der Waals surface area contributed by atoms with Crippen molar-refractivity contribution in [1.82, 2.24) is 0 Å². The molecule has 1 aromatic rings. The van der Waals surface area contributed by atoms with Gasteiger partial charge in [-0.05, 0) is 37.5 Å². The molecule has 4 heteroatoms. The van der Waals surface area contributed by atoms with Crippen molar-refractivity contribution < 1.29 is 9.84 Å². The lowest BCUT2D eigenvalue weighted by Gasteiger charge is -2.24. The molecule has 0 radical (unpaired) electrons. The summed E-state index contributed by atoms with van der Waals surface area (Å²) >= 11 is 0. The Kier molecular flexibility index (Phi) is 4.51. The number of aliphatic hydroxyl groups is 1. The molecule has 0 aliphatic carbocycles. The molecule has 2 atom stereocenters. The molecule has 2 unspecified atom stereocenters. The molecule has 0 saturated heterocycles. The minimum atomic E-state index is -0.760. The Hall–Kier alpha value is -1.10. The first-order chi connectivity index (χ1) is 7.93. The fourth-order valence-corrected chi connectivity index (χ4v) is 2.09. The molecule has 96 valence electrons. The van der Waals surface area contributed by atoms with Gasteiger partial charge < -0.3 is 21.3 Å². The van der Waals surface area contributed by atoms with Gasteiger partial charge in [0.15, 0.2) is 0 Å². The Morgan fingerprint density at radius 1 is 1.29 bits per heavy atom. The van der Waals surface area contributed by atoms with E-state index in [-0.39, 0.29) is 6.54 Å². The molecule has 0 amide bonds. The summed E-state index contributed by atoms with van der Waals surface area (Å²) in [7, 11) is 1.62. The Balaban J connectivity index is 3.36. The van der Waals surface area contributed by atoms with E-state index < -0.39 is 12.1 Å². The second kappa shape index (κ2) is 5.49. The molecule has 0 spiro atoms. The van der Waals surface area contributed by atoms with E-state index in [2.05, 4.69) is 6.07 Å². The van der Waals surface area contributed by atoms with Crippen LogP contribution in [0.3, 0.4) is 0 Å². The zero-order valence-corrected chi connectivity index (χ0v) is 10.9. The van der Waals surface area contributed by atoms with Crippen LogP contribution < -0.4 is 16.2 Å². The minimum Gasteiger partial charge on any atom is -0.496 e. The SMILES string of the molecule is COc1c(C)c(C)cc(C)c1C(N)C(O)CN. The number of aliphatic hydroxyl groups excluding tert-OH is 1. The summed E-state index contributed by atoms with van der Waals surface area (Å²) in [5.74, 6) is 0.752. The van der Waals surface area contributed by atoms with Crippen molar-refractivity contribution in [2.24, 2.45) is 11.5 Å². The highest BCUT2D eigenvalue weighted by Gasteiger charge is 2.23. The second-order valence-corrected chi connectivity index (χ2v) is 4.41. The average Bonchev–Trinajstić information content (AvgIpc) is 2.31. The number of methoxy groups -OCH3 is 1. The standard InChI is InChI=1S/C13H22N2O2/c1-7-5-8(2)11(12(15)10(16)6-14)13(17-4)9(7)3/h5,10,12,16H,6,14-15H2,1-4H3. The van der Waals surface area contributed by atoms with E-state index in [1.54, 1.807) is 7.11 Å². The van der Waals surface area contributed by atoms with Crippen LogP contribution in [0.15, 0.2) is 6.07 Å². The average molecular weight is 238 g/mol. The molecular formula is C13H22N2O2. The summed E-state index contributed by atoms with van der Waals surface area (Å²) < 4.78 is 5.42. The number of hydrogen-bond donors (Lipinski definition) is 3. The van der Waals surface area contributed by atoms with Gasteiger partial charge in [0.2, 0.25) is 0 Å². The topological polar surface area (TPSA) is 81.5 Å². The Bertz CT molecular complexity index is 405. The molecule has 0 fully saturated rings. The number of ether oxygens (including phenoxy) is 1. The number of rotatable bonds is 4. The van der Waals surface area contributed by atoms with Crippen molar-refractivity contribution in [3.8, 4) is 5.75 Å². The summed E-state index contributed by atoms with van der Waals surface area (Å²) in [5, 5.41) is 9.78. The van der Waals surface area contributed by atoms with Crippen molar-refractivity contribution in [2.45, 2.75) is 32.9 Å². The predicted octanol–water partition coefficient (Wildman–Crippen LogP) is 0.940. The number of aryl methyl sites for hydroxylation is 2. The lowest BCUT2D eigenvalue weighted by atomic mass is 9.92. The lowest BCUT2D eigenvalue weighted by molar-refractivity contribution is 0.151. The van der Waals surface area contributed by atoms with E-state index >= 15 is 0 Å². The number of nitrogens with two attached hydrogens (primary N) is 2. The maximum Gasteiger partial charge on any atom is 0.127 e. The molecule has 0 aliphatic heterocycles. The molecule has 0 aliphatic rings. The van der Waals surface area contributed by atoms with E-state index in [0.717, 1.165) is 28.0 Å². The zero-order chi connectivity index (χ0) is 13.2. The fourth-order valence-electron chi connectivity index (χ4n) is 2.09. The van der Waals surface area contributed by atoms with E-state index in [4.69, 9.17) is 16.2 Å². The van der Waals surface area contributed by atoms with E-state index in [1.807, 2.05) is 20.8 Å². The van der Waals surface area contributed by atoms with Crippen LogP contribution in [0.5, 0.6) is 5.75 Å². The monoisotopic (exact) mass is 238 g/mol. The van der Waals surface area contributed by atoms with E-state index in [0.29, 0.717) is 0 Å². The molecule has 0 heterocycles. The van der Waals surface area contributed by atoms with Crippen molar-refractivity contribution in [2.75, 3.05) is 13.7 Å². The van der Waals surface area contributed by atoms with Crippen molar-refractivity contribution in [3.63, 3.8) is 0 Å². The van der Waals surface area contributed by atoms with Crippen molar-refractivity contribution in [1.29, 1.82) is 0 Å². The first kappa shape index (κ1) is 14.0. The summed E-state index contributed by atoms with van der Waals surface area (Å²) in [5.41, 5.74) is 15.5. The van der Waals surface area contributed by atoms with Crippen LogP contribution in [0.2, 0.25) is 0 Å². The van der Waals surface area contributed by atoms with Gasteiger partial charge in [-0.25, -0.2) is 0 Å². The minimum absolute atomic E-state index is 0.136. The van der Waals surface area contributed by atoms with Crippen LogP contribution in [0.1, 0.15) is 28.3 Å². The smallest absolute Gasteiger partial charge is 0.127 e. The third-order valence-electron chi connectivity index (χ3n) is 3.23. The molecule has 17 heavy (non-hydrogen) atoms. The highest BCUT2D eigenvalue weighted by Crippen LogP contribution is 2.34. The quantitative estimate of drug-likeness (QED) is 0.729. The van der Waals surface area contributed by atoms with Gasteiger partial charge in [0.05, 0.1) is 19.3 Å². The van der Waals surface area contributed by atoms with Crippen LogP contribution in [0, 0.1) is 20.8 Å². The molecule has 5 N–H and O–H groups in total. The third-order valence-corrected chi connectivity index (χ3v) is 3.23. The largest absolute Gasteiger partial charge is 0.496 e. The molecule has 4 nitrogen and oxygen atoms in total. The van der Waals surface area contributed by atoms with E-state index in [9.17, 15) is 5.11 Å². The molecular weight excluding hydrogens is 216 g/mol. The first-order valence-corrected chi connectivity index (χ1v) is 5.72. The summed E-state index contributed by atoms with van der Waals surface area (Å²) in [4.78, 5) is 0. The van der Waals surface area contributed by atoms with Gasteiger partial charge in [0.1, 0.15) is 5.75 Å². The van der Waals surface area contributed by atoms with Crippen molar-refractivity contribution in [3.05, 3.63) is 28.3 Å². The van der Waals surface area contributed by atoms with Gasteiger partial charge in [0, 0.05) is 12.1 Å². The maximum absolute atomic E-state index is 9.78. The van der Waals surface area contributed by atoms with Crippen LogP contribution in [-0.4, -0.2) is 24.9 Å². The second-order valence-electron chi connectivity index (χ2n) is 4.41. The Labute approximate surface area is 103 Å². The highest BCUT2D eigenvalue weighted by atomic mass is 16.5. The summed E-state index contributed by atoms with van der Waals surface area (Å²) in [6, 6.07) is 1.53. The van der Waals surface area contributed by atoms with Gasteiger partial charge >= 0.3 is 0 Å². The zero-order valence-electron chi connectivity index (χ0n) is 10.9. The number of benzene rings is 1. The van der Waals surface area contributed by atoms with Gasteiger partial charge in [-0.15, -0.1) is 0 Å². The fraction of sp³-hybridized carbons (Fsp3) is 0.538. The molecule has 0 aromatic heterocycles. The predicted molar refractivity (Wildman–Crippen MR) is 69.2 cm³/mol. The van der Waals surface area contributed by atoms with Crippen LogP contribution in [0.25, 0.3) is 0 Å². The van der Waals surface area contributed by atoms with Gasteiger partial charge in [-0.3, -0.25) is 0 Å². The lowest BCUT2D eigenvalue weighted by Crippen LogP contribution is -2.33. The van der Waals surface area contributed by atoms with Gasteiger partial charge in [0.25, 0.3) is 0 Å². The van der Waals surface area contributed by atoms with Gasteiger partial charge in [-0.1, -0.05) is 6.07 Å². The third kappa shape index (κ3) is 2.60. The first-order valence-electron chi connectivity index (χ1n) is 5.72. The molecule has 1 rings (SSSR count). The Morgan fingerprint density at radius 3 is 2.35 bits per heavy atom. The van der Waals surface area contributed by atoms with Crippen molar-refractivity contribution >= 4 is 0 Å². The molecule has 0 bridgehead atoms. The van der Waals surface area contributed by atoms with Crippen LogP contribution >= 0.6 is 0 Å². The van der Waals surface area contributed by atoms with Crippen LogP contribution in [-0.2, 0) is 0 Å². The number of hydrogen-bond acceptors (Lipinski definition) is 4. The highest BCUT2D eigenvalue weighted by molar-refractivity contribution is 5.51. The molecule has 1 aromatic carbocycles. The molecule has 0 saturated carbocycles. The van der Waals surface area contributed by atoms with Gasteiger partial charge in [-0.2, -0.15) is 0 Å².